The molecule has 0 spiro atoms. The van der Waals surface area contributed by atoms with E-state index in [1.165, 1.54) is 22.6 Å². The van der Waals surface area contributed by atoms with Crippen molar-refractivity contribution < 1.29 is 12.8 Å². The fourth-order valence-electron chi connectivity index (χ4n) is 3.03. The smallest absolute Gasteiger partial charge is 0.263 e. The number of pyridine rings is 1. The molecule has 1 aromatic heterocycles. The van der Waals surface area contributed by atoms with Gasteiger partial charge in [0.05, 0.1) is 28.4 Å². The summed E-state index contributed by atoms with van der Waals surface area (Å²) in [4.78, 5) is 5.10. The summed E-state index contributed by atoms with van der Waals surface area (Å²) >= 11 is 1.57. The summed E-state index contributed by atoms with van der Waals surface area (Å²) in [5.74, 6) is 0.0964. The Labute approximate surface area is 166 Å². The molecule has 2 aromatic carbocycles. The molecule has 5 nitrogen and oxygen atoms in total. The van der Waals surface area contributed by atoms with Crippen LogP contribution in [0.1, 0.15) is 5.56 Å². The van der Waals surface area contributed by atoms with Crippen LogP contribution in [0.4, 0.5) is 10.1 Å². The van der Waals surface area contributed by atoms with Crippen LogP contribution in [0.5, 0.6) is 0 Å². The third-order valence-corrected chi connectivity index (χ3v) is 7.35. The van der Waals surface area contributed by atoms with Gasteiger partial charge in [-0.25, -0.2) is 12.8 Å². The molecule has 2 heterocycles. The van der Waals surface area contributed by atoms with Crippen LogP contribution >= 0.6 is 11.8 Å². The number of anilines is 1. The van der Waals surface area contributed by atoms with E-state index in [0.717, 1.165) is 28.2 Å². The summed E-state index contributed by atoms with van der Waals surface area (Å²) in [5, 5.41) is 8.98. The summed E-state index contributed by atoms with van der Waals surface area (Å²) in [7, 11) is -3.83. The number of rotatable bonds is 3. The van der Waals surface area contributed by atoms with Gasteiger partial charge >= 0.3 is 0 Å². The van der Waals surface area contributed by atoms with Gasteiger partial charge in [0.15, 0.2) is 0 Å². The van der Waals surface area contributed by atoms with Gasteiger partial charge in [-0.15, -0.1) is 11.8 Å². The molecule has 28 heavy (non-hydrogen) atoms. The van der Waals surface area contributed by atoms with Crippen LogP contribution in [0, 0.1) is 17.1 Å². The van der Waals surface area contributed by atoms with E-state index in [4.69, 9.17) is 5.26 Å². The van der Waals surface area contributed by atoms with E-state index in [0.29, 0.717) is 23.5 Å². The maximum atomic E-state index is 13.2. The van der Waals surface area contributed by atoms with E-state index in [9.17, 15) is 12.8 Å². The highest BCUT2D eigenvalue weighted by atomic mass is 32.2. The molecule has 0 amide bonds. The lowest BCUT2D eigenvalue weighted by Crippen LogP contribution is -2.35. The maximum absolute atomic E-state index is 13.2. The molecular formula is C20H14FN3O2S2. The van der Waals surface area contributed by atoms with Crippen molar-refractivity contribution in [3.05, 3.63) is 72.3 Å². The number of sulfonamides is 1. The molecule has 140 valence electrons. The van der Waals surface area contributed by atoms with Crippen LogP contribution < -0.4 is 4.31 Å². The number of nitrogens with zero attached hydrogens (tertiary/aromatic N) is 3. The van der Waals surface area contributed by atoms with E-state index in [2.05, 4.69) is 11.1 Å². The zero-order valence-electron chi connectivity index (χ0n) is 14.5. The lowest BCUT2D eigenvalue weighted by atomic mass is 10.1. The lowest BCUT2D eigenvalue weighted by Gasteiger charge is -2.30. The average Bonchev–Trinajstić information content (AvgIpc) is 2.73. The second kappa shape index (κ2) is 7.26. The van der Waals surface area contributed by atoms with Gasteiger partial charge in [0, 0.05) is 29.0 Å². The van der Waals surface area contributed by atoms with Crippen molar-refractivity contribution in [1.82, 2.24) is 4.98 Å². The van der Waals surface area contributed by atoms with Crippen molar-refractivity contribution in [2.75, 3.05) is 16.6 Å². The Bertz CT molecular complexity index is 1170. The summed E-state index contributed by atoms with van der Waals surface area (Å²) in [5.41, 5.74) is 2.72. The molecule has 0 radical (unpaired) electrons. The van der Waals surface area contributed by atoms with Gasteiger partial charge < -0.3 is 0 Å². The second-order valence-electron chi connectivity index (χ2n) is 6.10. The van der Waals surface area contributed by atoms with Crippen LogP contribution in [0.25, 0.3) is 11.1 Å². The maximum Gasteiger partial charge on any atom is 0.264 e. The zero-order valence-corrected chi connectivity index (χ0v) is 16.2. The van der Waals surface area contributed by atoms with E-state index in [1.807, 2.05) is 12.1 Å². The van der Waals surface area contributed by atoms with Crippen LogP contribution in [-0.4, -0.2) is 25.7 Å². The fourth-order valence-corrected chi connectivity index (χ4v) is 5.78. The molecule has 1 aliphatic rings. The summed E-state index contributed by atoms with van der Waals surface area (Å²) in [6.45, 7) is 0.301. The van der Waals surface area contributed by atoms with Crippen LogP contribution in [0.15, 0.2) is 70.7 Å². The molecule has 8 heteroatoms. The Morgan fingerprint density at radius 3 is 2.46 bits per heavy atom. The molecule has 0 N–H and O–H groups in total. The number of nitriles is 1. The van der Waals surface area contributed by atoms with Crippen molar-refractivity contribution in [2.24, 2.45) is 0 Å². The van der Waals surface area contributed by atoms with Crippen LogP contribution in [0.2, 0.25) is 0 Å². The minimum atomic E-state index is -3.83. The monoisotopic (exact) mass is 411 g/mol. The Balaban J connectivity index is 1.80. The highest BCUT2D eigenvalue weighted by Gasteiger charge is 2.31. The van der Waals surface area contributed by atoms with Crippen molar-refractivity contribution in [3.8, 4) is 17.2 Å². The topological polar surface area (TPSA) is 74.1 Å². The highest BCUT2D eigenvalue weighted by Crippen LogP contribution is 2.43. The number of hydrogen-bond donors (Lipinski definition) is 0. The lowest BCUT2D eigenvalue weighted by molar-refractivity contribution is 0.590. The standard InChI is InChI=1S/C20H14FN3O2S2/c21-16-5-7-17(8-6-16)28(25,26)24-9-10-27-20-18(12-23-13-19(20)24)15-3-1-14(11-22)2-4-15/h1-8,12-13H,9-10H2. The van der Waals surface area contributed by atoms with Gasteiger partial charge in [0.1, 0.15) is 5.82 Å². The second-order valence-corrected chi connectivity index (χ2v) is 9.07. The Hall–Kier alpha value is -2.89. The molecule has 0 saturated carbocycles. The predicted molar refractivity (Wildman–Crippen MR) is 106 cm³/mol. The number of hydrogen-bond acceptors (Lipinski definition) is 5. The minimum absolute atomic E-state index is 0.0375. The SMILES string of the molecule is N#Cc1ccc(-c2cncc3c2SCCN3S(=O)(=O)c2ccc(F)cc2)cc1. The van der Waals surface area contributed by atoms with Gasteiger partial charge in [-0.2, -0.15) is 5.26 Å². The summed E-state index contributed by atoms with van der Waals surface area (Å²) in [6, 6.07) is 14.0. The Morgan fingerprint density at radius 1 is 1.07 bits per heavy atom. The number of fused-ring (bicyclic) bond motifs is 1. The first-order valence-corrected chi connectivity index (χ1v) is 10.8. The number of thioether (sulfide) groups is 1. The minimum Gasteiger partial charge on any atom is -0.263 e. The Morgan fingerprint density at radius 2 is 1.79 bits per heavy atom. The van der Waals surface area contributed by atoms with Crippen molar-refractivity contribution >= 4 is 27.5 Å². The zero-order chi connectivity index (χ0) is 19.7. The molecule has 4 rings (SSSR count). The summed E-state index contributed by atoms with van der Waals surface area (Å²) in [6.07, 6.45) is 3.23. The first-order chi connectivity index (χ1) is 13.5. The summed E-state index contributed by atoms with van der Waals surface area (Å²) < 4.78 is 40.8. The predicted octanol–water partition coefficient (Wildman–Crippen LogP) is 4.06. The van der Waals surface area contributed by atoms with E-state index >= 15 is 0 Å². The Kier molecular flexibility index (Phi) is 4.79. The normalized spacial score (nSPS) is 13.6. The molecule has 0 saturated heterocycles. The van der Waals surface area contributed by atoms with Gasteiger partial charge in [-0.3, -0.25) is 9.29 Å². The van der Waals surface area contributed by atoms with Crippen LogP contribution in [-0.2, 0) is 10.0 Å². The molecule has 0 aliphatic carbocycles. The third kappa shape index (κ3) is 3.23. The van der Waals surface area contributed by atoms with E-state index in [-0.39, 0.29) is 4.90 Å². The molecule has 0 unspecified atom stereocenters. The number of benzene rings is 2. The van der Waals surface area contributed by atoms with E-state index in [1.54, 1.807) is 30.1 Å². The quantitative estimate of drug-likeness (QED) is 0.650. The van der Waals surface area contributed by atoms with Crippen molar-refractivity contribution in [2.45, 2.75) is 9.79 Å². The fraction of sp³-hybridized carbons (Fsp3) is 0.100. The number of aromatic nitrogens is 1. The van der Waals surface area contributed by atoms with Crippen LogP contribution in [0.3, 0.4) is 0 Å². The average molecular weight is 411 g/mol. The van der Waals surface area contributed by atoms with Gasteiger partial charge in [-0.1, -0.05) is 12.1 Å². The highest BCUT2D eigenvalue weighted by molar-refractivity contribution is 8.00. The number of halogens is 1. The van der Waals surface area contributed by atoms with Crippen molar-refractivity contribution in [3.63, 3.8) is 0 Å². The third-order valence-electron chi connectivity index (χ3n) is 4.41. The van der Waals surface area contributed by atoms with Gasteiger partial charge in [0.2, 0.25) is 0 Å². The first kappa shape index (κ1) is 18.5. The first-order valence-electron chi connectivity index (χ1n) is 8.40. The van der Waals surface area contributed by atoms with E-state index < -0.39 is 15.8 Å². The molecular weight excluding hydrogens is 397 g/mol. The largest absolute Gasteiger partial charge is 0.264 e. The molecule has 0 fully saturated rings. The molecule has 3 aromatic rings. The molecule has 0 bridgehead atoms. The van der Waals surface area contributed by atoms with Crippen molar-refractivity contribution in [1.29, 1.82) is 5.26 Å². The van der Waals surface area contributed by atoms with Gasteiger partial charge in [0.25, 0.3) is 10.0 Å². The molecule has 0 atom stereocenters. The molecule has 1 aliphatic heterocycles. The van der Waals surface area contributed by atoms with Gasteiger partial charge in [-0.05, 0) is 42.0 Å².